The van der Waals surface area contributed by atoms with E-state index in [1.807, 2.05) is 18.2 Å². The van der Waals surface area contributed by atoms with Gasteiger partial charge in [0.25, 0.3) is 0 Å². The summed E-state index contributed by atoms with van der Waals surface area (Å²) in [6, 6.07) is 67.3. The number of nitriles is 1. The first-order valence-corrected chi connectivity index (χ1v) is 17.9. The van der Waals surface area contributed by atoms with E-state index in [9.17, 15) is 5.26 Å². The minimum absolute atomic E-state index is 0.639. The second-order valence-electron chi connectivity index (χ2n) is 13.7. The van der Waals surface area contributed by atoms with Gasteiger partial charge in [0.1, 0.15) is 0 Å². The highest BCUT2D eigenvalue weighted by Gasteiger charge is 2.20. The Labute approximate surface area is 305 Å². The molecule has 0 radical (unpaired) electrons. The highest BCUT2D eigenvalue weighted by molar-refractivity contribution is 6.19. The number of nitrogens with zero attached hydrogens (tertiary/aromatic N) is 4. The molecule has 0 atom stereocenters. The first-order valence-electron chi connectivity index (χ1n) is 17.9. The van der Waals surface area contributed by atoms with Crippen molar-refractivity contribution < 1.29 is 0 Å². The van der Waals surface area contributed by atoms with E-state index in [0.717, 1.165) is 50.3 Å². The van der Waals surface area contributed by atoms with Gasteiger partial charge in [-0.3, -0.25) is 0 Å². The molecule has 4 heteroatoms. The van der Waals surface area contributed by atoms with Crippen LogP contribution in [-0.2, 0) is 0 Å². The maximum absolute atomic E-state index is 9.87. The third kappa shape index (κ3) is 4.35. The third-order valence-electron chi connectivity index (χ3n) is 10.8. The Morgan fingerprint density at radius 1 is 0.302 bits per heavy atom. The molecule has 0 bridgehead atoms. The van der Waals surface area contributed by atoms with E-state index in [0.29, 0.717) is 5.56 Å². The van der Waals surface area contributed by atoms with E-state index in [1.54, 1.807) is 0 Å². The SMILES string of the molecule is N#Cc1cccc(-c2cc(-n3c4ccccc4c4ccccc43)cc(-n3c4ccccc4c4cc5c(cc43)c3ccccc3n5-c3ccccc3)c2)c1. The predicted octanol–water partition coefficient (Wildman–Crippen LogP) is 12.5. The fourth-order valence-corrected chi connectivity index (χ4v) is 8.55. The van der Waals surface area contributed by atoms with E-state index in [1.165, 1.54) is 43.4 Å². The van der Waals surface area contributed by atoms with E-state index in [4.69, 9.17) is 0 Å². The normalized spacial score (nSPS) is 11.8. The van der Waals surface area contributed by atoms with Crippen LogP contribution < -0.4 is 0 Å². The summed E-state index contributed by atoms with van der Waals surface area (Å²) in [5.41, 5.74) is 12.9. The molecule has 0 aliphatic heterocycles. The van der Waals surface area contributed by atoms with Gasteiger partial charge >= 0.3 is 0 Å². The summed E-state index contributed by atoms with van der Waals surface area (Å²) in [5.74, 6) is 0. The minimum atomic E-state index is 0.639. The minimum Gasteiger partial charge on any atom is -0.309 e. The van der Waals surface area contributed by atoms with Gasteiger partial charge in [0.15, 0.2) is 0 Å². The van der Waals surface area contributed by atoms with E-state index in [2.05, 4.69) is 184 Å². The Hall–Kier alpha value is -7.35. The fourth-order valence-electron chi connectivity index (χ4n) is 8.55. The first-order chi connectivity index (χ1) is 26.2. The largest absolute Gasteiger partial charge is 0.309 e. The van der Waals surface area contributed by atoms with Crippen molar-refractivity contribution >= 4 is 65.4 Å². The molecule has 11 rings (SSSR count). The molecule has 8 aromatic carbocycles. The summed E-state index contributed by atoms with van der Waals surface area (Å²) >= 11 is 0. The quantitative estimate of drug-likeness (QED) is 0.183. The molecule has 0 aliphatic rings. The van der Waals surface area contributed by atoms with Gasteiger partial charge in [0, 0.05) is 49.4 Å². The van der Waals surface area contributed by atoms with Crippen molar-refractivity contribution in [2.75, 3.05) is 0 Å². The molecule has 4 nitrogen and oxygen atoms in total. The number of para-hydroxylation sites is 5. The zero-order valence-corrected chi connectivity index (χ0v) is 28.6. The molecule has 0 saturated carbocycles. The molecule has 0 saturated heterocycles. The van der Waals surface area contributed by atoms with E-state index >= 15 is 0 Å². The number of hydrogen-bond acceptors (Lipinski definition) is 1. The number of hydrogen-bond donors (Lipinski definition) is 0. The fraction of sp³-hybridized carbons (Fsp3) is 0. The molecule has 0 amide bonds. The molecular formula is C49H30N4. The summed E-state index contributed by atoms with van der Waals surface area (Å²) in [6.07, 6.45) is 0. The molecule has 0 aliphatic carbocycles. The number of rotatable bonds is 4. The topological polar surface area (TPSA) is 38.6 Å². The smallest absolute Gasteiger partial charge is 0.0991 e. The molecule has 246 valence electrons. The van der Waals surface area contributed by atoms with Gasteiger partial charge in [0.05, 0.1) is 44.7 Å². The number of aromatic nitrogens is 3. The van der Waals surface area contributed by atoms with Crippen LogP contribution in [0.15, 0.2) is 182 Å². The lowest BCUT2D eigenvalue weighted by Crippen LogP contribution is -2.00. The van der Waals surface area contributed by atoms with Crippen molar-refractivity contribution in [1.29, 1.82) is 5.26 Å². The molecule has 53 heavy (non-hydrogen) atoms. The van der Waals surface area contributed by atoms with E-state index < -0.39 is 0 Å². The van der Waals surface area contributed by atoms with E-state index in [-0.39, 0.29) is 0 Å². The maximum Gasteiger partial charge on any atom is 0.0991 e. The average Bonchev–Trinajstić information content (AvgIpc) is 3.85. The molecule has 0 spiro atoms. The van der Waals surface area contributed by atoms with Gasteiger partial charge in [-0.2, -0.15) is 5.26 Å². The molecule has 0 N–H and O–H groups in total. The van der Waals surface area contributed by atoms with Gasteiger partial charge in [-0.15, -0.1) is 0 Å². The molecule has 0 unspecified atom stereocenters. The van der Waals surface area contributed by atoms with Gasteiger partial charge in [-0.05, 0) is 90.0 Å². The highest BCUT2D eigenvalue weighted by Crippen LogP contribution is 2.41. The second kappa shape index (κ2) is 11.3. The van der Waals surface area contributed by atoms with Crippen LogP contribution in [0, 0.1) is 11.3 Å². The second-order valence-corrected chi connectivity index (χ2v) is 13.7. The Kier molecular flexibility index (Phi) is 6.28. The van der Waals surface area contributed by atoms with Crippen LogP contribution in [0.1, 0.15) is 5.56 Å². The van der Waals surface area contributed by atoms with Crippen LogP contribution in [0.3, 0.4) is 0 Å². The van der Waals surface area contributed by atoms with Crippen LogP contribution in [0.2, 0.25) is 0 Å². The van der Waals surface area contributed by atoms with Crippen molar-refractivity contribution in [3.05, 3.63) is 188 Å². The van der Waals surface area contributed by atoms with Crippen LogP contribution in [0.25, 0.3) is 93.6 Å². The van der Waals surface area contributed by atoms with Crippen LogP contribution in [0.4, 0.5) is 0 Å². The van der Waals surface area contributed by atoms with Gasteiger partial charge in [0.2, 0.25) is 0 Å². The summed E-state index contributed by atoms with van der Waals surface area (Å²) in [4.78, 5) is 0. The van der Waals surface area contributed by atoms with Gasteiger partial charge in [-0.1, -0.05) is 103 Å². The van der Waals surface area contributed by atoms with Gasteiger partial charge in [-0.25, -0.2) is 0 Å². The average molecular weight is 675 g/mol. The molecular weight excluding hydrogens is 645 g/mol. The van der Waals surface area contributed by atoms with Crippen molar-refractivity contribution in [3.8, 4) is 34.3 Å². The van der Waals surface area contributed by atoms with Crippen LogP contribution in [-0.4, -0.2) is 13.7 Å². The molecule has 11 aromatic rings. The monoisotopic (exact) mass is 674 g/mol. The molecule has 0 fully saturated rings. The summed E-state index contributed by atoms with van der Waals surface area (Å²) in [7, 11) is 0. The zero-order valence-electron chi connectivity index (χ0n) is 28.6. The number of benzene rings is 8. The van der Waals surface area contributed by atoms with Crippen molar-refractivity contribution in [3.63, 3.8) is 0 Å². The maximum atomic E-state index is 9.87. The summed E-state index contributed by atoms with van der Waals surface area (Å²) in [6.45, 7) is 0. The third-order valence-corrected chi connectivity index (χ3v) is 10.8. The van der Waals surface area contributed by atoms with Crippen LogP contribution >= 0.6 is 0 Å². The van der Waals surface area contributed by atoms with Crippen molar-refractivity contribution in [2.24, 2.45) is 0 Å². The first kappa shape index (κ1) is 29.4. The molecule has 3 heterocycles. The van der Waals surface area contributed by atoms with Crippen LogP contribution in [0.5, 0.6) is 0 Å². The lowest BCUT2D eigenvalue weighted by Gasteiger charge is -2.16. The lowest BCUT2D eigenvalue weighted by atomic mass is 10.0. The Balaban J connectivity index is 1.27. The zero-order chi connectivity index (χ0) is 35.0. The highest BCUT2D eigenvalue weighted by atomic mass is 15.0. The number of fused-ring (bicyclic) bond motifs is 9. The molecule has 3 aromatic heterocycles. The van der Waals surface area contributed by atoms with Crippen molar-refractivity contribution in [2.45, 2.75) is 0 Å². The Morgan fingerprint density at radius 2 is 0.736 bits per heavy atom. The van der Waals surface area contributed by atoms with Gasteiger partial charge < -0.3 is 13.7 Å². The Bertz CT molecular complexity index is 3240. The standard InChI is InChI=1S/C49H30N4/c50-31-32-13-12-14-33(25-32)34-26-36(52-44-21-8-4-17-38(44)39-18-5-9-22-45(39)52)28-37(27-34)53-47-24-11-7-20-41(47)43-29-48-42(30-49(43)53)40-19-6-10-23-46(40)51(48)35-15-2-1-3-16-35/h1-30H. The Morgan fingerprint density at radius 3 is 1.25 bits per heavy atom. The summed E-state index contributed by atoms with van der Waals surface area (Å²) < 4.78 is 7.19. The predicted molar refractivity (Wildman–Crippen MR) is 220 cm³/mol. The summed E-state index contributed by atoms with van der Waals surface area (Å²) in [5, 5.41) is 17.1. The lowest BCUT2D eigenvalue weighted by molar-refractivity contribution is 1.13. The van der Waals surface area contributed by atoms with Crippen molar-refractivity contribution in [1.82, 2.24) is 13.7 Å².